The molecule has 3 N–H and O–H groups in total. The number of ether oxygens (including phenoxy) is 1. The summed E-state index contributed by atoms with van der Waals surface area (Å²) < 4.78 is 18.8. The van der Waals surface area contributed by atoms with Crippen LogP contribution in [0.4, 0.5) is 14.9 Å². The van der Waals surface area contributed by atoms with E-state index in [1.54, 1.807) is 0 Å². The van der Waals surface area contributed by atoms with Gasteiger partial charge >= 0.3 is 12.0 Å². The number of urea groups is 1. The van der Waals surface area contributed by atoms with Crippen molar-refractivity contribution in [1.29, 1.82) is 0 Å². The monoisotopic (exact) mass is 360 g/mol. The van der Waals surface area contributed by atoms with Crippen LogP contribution in [-0.4, -0.2) is 36.4 Å². The van der Waals surface area contributed by atoms with Gasteiger partial charge in [-0.15, -0.1) is 0 Å². The molecule has 114 valence electrons. The highest BCUT2D eigenvalue weighted by Crippen LogP contribution is 2.28. The Kier molecular flexibility index (Phi) is 4.48. The van der Waals surface area contributed by atoms with Crippen molar-refractivity contribution in [2.24, 2.45) is 5.41 Å². The fourth-order valence-electron chi connectivity index (χ4n) is 1.98. The molecule has 0 saturated carbocycles. The zero-order valence-electron chi connectivity index (χ0n) is 11.2. The van der Waals surface area contributed by atoms with E-state index in [1.807, 2.05) is 0 Å². The molecule has 1 saturated heterocycles. The molecule has 0 bridgehead atoms. The standard InChI is InChI=1S/C13H14BrFN2O4/c1-13(11(18)19)6-21-5-10(13)17-12(20)16-7-2-3-8(14)9(15)4-7/h2-4,10H,5-6H2,1H3,(H,18,19)(H2,16,17,20). The predicted octanol–water partition coefficient (Wildman–Crippen LogP) is 2.20. The van der Waals surface area contributed by atoms with E-state index in [2.05, 4.69) is 26.6 Å². The first-order chi connectivity index (χ1) is 9.83. The fraction of sp³-hybridized carbons (Fsp3) is 0.385. The van der Waals surface area contributed by atoms with Crippen LogP contribution in [0.2, 0.25) is 0 Å². The third-order valence-corrected chi connectivity index (χ3v) is 4.07. The topological polar surface area (TPSA) is 87.7 Å². The van der Waals surface area contributed by atoms with Crippen molar-refractivity contribution in [1.82, 2.24) is 5.32 Å². The van der Waals surface area contributed by atoms with Gasteiger partial charge in [-0.3, -0.25) is 4.79 Å². The zero-order chi connectivity index (χ0) is 15.6. The lowest BCUT2D eigenvalue weighted by Crippen LogP contribution is -2.50. The lowest BCUT2D eigenvalue weighted by atomic mass is 9.85. The summed E-state index contributed by atoms with van der Waals surface area (Å²) in [6.07, 6.45) is 0. The molecule has 1 aromatic carbocycles. The third-order valence-electron chi connectivity index (χ3n) is 3.43. The number of nitrogens with one attached hydrogen (secondary N) is 2. The molecule has 0 spiro atoms. The minimum atomic E-state index is -1.18. The van der Waals surface area contributed by atoms with Gasteiger partial charge in [-0.2, -0.15) is 0 Å². The molecule has 1 aliphatic heterocycles. The summed E-state index contributed by atoms with van der Waals surface area (Å²) in [4.78, 5) is 23.1. The number of carboxylic acids is 1. The van der Waals surface area contributed by atoms with Gasteiger partial charge in [-0.1, -0.05) is 0 Å². The molecule has 8 heteroatoms. The van der Waals surface area contributed by atoms with E-state index in [0.717, 1.165) is 6.07 Å². The summed E-state index contributed by atoms with van der Waals surface area (Å²) in [5.41, 5.74) is -0.911. The number of rotatable bonds is 3. The van der Waals surface area contributed by atoms with E-state index < -0.39 is 29.3 Å². The molecule has 0 radical (unpaired) electrons. The Morgan fingerprint density at radius 2 is 2.24 bits per heavy atom. The van der Waals surface area contributed by atoms with Crippen molar-refractivity contribution in [3.8, 4) is 0 Å². The molecule has 1 aromatic rings. The average Bonchev–Trinajstić information content (AvgIpc) is 2.77. The zero-order valence-corrected chi connectivity index (χ0v) is 12.7. The number of carbonyl (C=O) groups is 2. The van der Waals surface area contributed by atoms with E-state index >= 15 is 0 Å². The second-order valence-electron chi connectivity index (χ2n) is 5.02. The second-order valence-corrected chi connectivity index (χ2v) is 5.87. The van der Waals surface area contributed by atoms with E-state index in [0.29, 0.717) is 0 Å². The number of hydrogen-bond acceptors (Lipinski definition) is 3. The first kappa shape index (κ1) is 15.7. The van der Waals surface area contributed by atoms with Gasteiger partial charge < -0.3 is 20.5 Å². The van der Waals surface area contributed by atoms with Crippen LogP contribution < -0.4 is 10.6 Å². The SMILES string of the molecule is CC1(C(=O)O)COCC1NC(=O)Nc1ccc(Br)c(F)c1. The van der Waals surface area contributed by atoms with Crippen LogP contribution in [0, 0.1) is 11.2 Å². The molecule has 0 aromatic heterocycles. The Bertz CT molecular complexity index is 583. The Balaban J connectivity index is 2.01. The summed E-state index contributed by atoms with van der Waals surface area (Å²) >= 11 is 3.01. The van der Waals surface area contributed by atoms with E-state index in [9.17, 15) is 19.1 Å². The normalized spacial score (nSPS) is 24.6. The van der Waals surface area contributed by atoms with Crippen molar-refractivity contribution in [2.75, 3.05) is 18.5 Å². The molecule has 2 rings (SSSR count). The second kappa shape index (κ2) is 5.98. The molecule has 1 heterocycles. The summed E-state index contributed by atoms with van der Waals surface area (Å²) in [5.74, 6) is -1.55. The number of anilines is 1. The van der Waals surface area contributed by atoms with Crippen LogP contribution >= 0.6 is 15.9 Å². The van der Waals surface area contributed by atoms with Crippen LogP contribution in [0.1, 0.15) is 6.92 Å². The van der Waals surface area contributed by atoms with Crippen molar-refractivity contribution in [2.45, 2.75) is 13.0 Å². The lowest BCUT2D eigenvalue weighted by Gasteiger charge is -2.25. The van der Waals surface area contributed by atoms with Gasteiger partial charge in [0.25, 0.3) is 0 Å². The quantitative estimate of drug-likeness (QED) is 0.770. The minimum Gasteiger partial charge on any atom is -0.481 e. The highest BCUT2D eigenvalue weighted by atomic mass is 79.9. The Hall–Kier alpha value is -1.67. The van der Waals surface area contributed by atoms with Gasteiger partial charge in [0.15, 0.2) is 0 Å². The maximum atomic E-state index is 13.3. The molecular formula is C13H14BrFN2O4. The van der Waals surface area contributed by atoms with Gasteiger partial charge in [0.1, 0.15) is 11.2 Å². The summed E-state index contributed by atoms with van der Waals surface area (Å²) in [7, 11) is 0. The molecule has 0 aliphatic carbocycles. The van der Waals surface area contributed by atoms with Gasteiger partial charge in [0, 0.05) is 5.69 Å². The molecule has 1 aliphatic rings. The average molecular weight is 361 g/mol. The van der Waals surface area contributed by atoms with Gasteiger partial charge in [0.05, 0.1) is 23.7 Å². The Labute approximate surface area is 128 Å². The Morgan fingerprint density at radius 3 is 2.86 bits per heavy atom. The molecule has 2 amide bonds. The van der Waals surface area contributed by atoms with Crippen molar-refractivity contribution < 1.29 is 23.8 Å². The number of halogens is 2. The van der Waals surface area contributed by atoms with Crippen LogP contribution in [0.5, 0.6) is 0 Å². The summed E-state index contributed by atoms with van der Waals surface area (Å²) in [6.45, 7) is 1.65. The highest BCUT2D eigenvalue weighted by Gasteiger charge is 2.47. The maximum Gasteiger partial charge on any atom is 0.319 e. The van der Waals surface area contributed by atoms with E-state index in [1.165, 1.54) is 19.1 Å². The number of hydrogen-bond donors (Lipinski definition) is 3. The fourth-order valence-corrected chi connectivity index (χ4v) is 2.23. The number of carbonyl (C=O) groups excluding carboxylic acids is 1. The molecule has 2 atom stereocenters. The maximum absolute atomic E-state index is 13.3. The largest absolute Gasteiger partial charge is 0.481 e. The molecule has 2 unspecified atom stereocenters. The van der Waals surface area contributed by atoms with Gasteiger partial charge in [0.2, 0.25) is 0 Å². The van der Waals surface area contributed by atoms with E-state index in [-0.39, 0.29) is 23.4 Å². The smallest absolute Gasteiger partial charge is 0.319 e. The highest BCUT2D eigenvalue weighted by molar-refractivity contribution is 9.10. The third kappa shape index (κ3) is 3.33. The van der Waals surface area contributed by atoms with Gasteiger partial charge in [-0.25, -0.2) is 9.18 Å². The molecule has 21 heavy (non-hydrogen) atoms. The van der Waals surface area contributed by atoms with Crippen LogP contribution in [-0.2, 0) is 9.53 Å². The van der Waals surface area contributed by atoms with Crippen molar-refractivity contribution >= 4 is 33.6 Å². The number of amides is 2. The minimum absolute atomic E-state index is 0.0280. The van der Waals surface area contributed by atoms with Gasteiger partial charge in [-0.05, 0) is 41.1 Å². The number of benzene rings is 1. The van der Waals surface area contributed by atoms with Crippen LogP contribution in [0.25, 0.3) is 0 Å². The number of carboxylic acid groups (broad SMARTS) is 1. The number of aliphatic carboxylic acids is 1. The van der Waals surface area contributed by atoms with E-state index in [4.69, 9.17) is 4.74 Å². The Morgan fingerprint density at radius 1 is 1.52 bits per heavy atom. The van der Waals surface area contributed by atoms with Crippen LogP contribution in [0.3, 0.4) is 0 Å². The predicted molar refractivity (Wildman–Crippen MR) is 76.6 cm³/mol. The molecule has 6 nitrogen and oxygen atoms in total. The van der Waals surface area contributed by atoms with Crippen molar-refractivity contribution in [3.05, 3.63) is 28.5 Å². The summed E-state index contributed by atoms with van der Waals surface area (Å²) in [6, 6.07) is 2.87. The molecule has 1 fully saturated rings. The first-order valence-corrected chi connectivity index (χ1v) is 6.96. The lowest BCUT2D eigenvalue weighted by molar-refractivity contribution is -0.148. The summed E-state index contributed by atoms with van der Waals surface area (Å²) in [5, 5.41) is 14.2. The van der Waals surface area contributed by atoms with Crippen molar-refractivity contribution in [3.63, 3.8) is 0 Å². The molecular weight excluding hydrogens is 347 g/mol. The van der Waals surface area contributed by atoms with Crippen LogP contribution in [0.15, 0.2) is 22.7 Å². The first-order valence-electron chi connectivity index (χ1n) is 6.16.